The minimum atomic E-state index is -0.412. The van der Waals surface area contributed by atoms with E-state index in [0.29, 0.717) is 19.5 Å². The van der Waals surface area contributed by atoms with Gasteiger partial charge in [-0.15, -0.1) is 0 Å². The molecule has 0 bridgehead atoms. The molecule has 1 fully saturated rings. The van der Waals surface area contributed by atoms with Crippen LogP contribution in [-0.4, -0.2) is 41.4 Å². The SMILES string of the molecule is CCc1cc(NC(=O)N(C)C2CCN(Cc3ccccc3)C2=O)ccc1C. The minimum Gasteiger partial charge on any atom is -0.336 e. The van der Waals surface area contributed by atoms with Crippen LogP contribution in [0.5, 0.6) is 0 Å². The normalized spacial score (nSPS) is 16.5. The second-order valence-corrected chi connectivity index (χ2v) is 7.09. The molecule has 1 unspecified atom stereocenters. The number of amides is 3. The van der Waals surface area contributed by atoms with E-state index < -0.39 is 6.04 Å². The first-order valence-electron chi connectivity index (χ1n) is 9.45. The molecule has 1 N–H and O–H groups in total. The van der Waals surface area contributed by atoms with Gasteiger partial charge in [0, 0.05) is 25.8 Å². The zero-order chi connectivity index (χ0) is 19.4. The molecular weight excluding hydrogens is 338 g/mol. The van der Waals surface area contributed by atoms with Gasteiger partial charge in [-0.05, 0) is 48.6 Å². The number of likely N-dealkylation sites (N-methyl/N-ethyl adjacent to an activating group) is 1. The summed E-state index contributed by atoms with van der Waals surface area (Å²) in [7, 11) is 1.69. The Morgan fingerprint density at radius 2 is 1.96 bits per heavy atom. The van der Waals surface area contributed by atoms with Crippen LogP contribution in [0.25, 0.3) is 0 Å². The average molecular weight is 365 g/mol. The fraction of sp³-hybridized carbons (Fsp3) is 0.364. The number of hydrogen-bond acceptors (Lipinski definition) is 2. The first kappa shape index (κ1) is 19.0. The molecule has 1 atom stereocenters. The number of carbonyl (C=O) groups is 2. The molecule has 0 aromatic heterocycles. The number of benzene rings is 2. The van der Waals surface area contributed by atoms with Gasteiger partial charge in [0.05, 0.1) is 0 Å². The summed E-state index contributed by atoms with van der Waals surface area (Å²) in [6, 6.07) is 15.2. The van der Waals surface area contributed by atoms with Gasteiger partial charge in [-0.1, -0.05) is 43.3 Å². The molecule has 1 saturated heterocycles. The molecule has 0 spiro atoms. The second kappa shape index (κ2) is 8.25. The van der Waals surface area contributed by atoms with Crippen molar-refractivity contribution in [2.75, 3.05) is 18.9 Å². The van der Waals surface area contributed by atoms with E-state index in [4.69, 9.17) is 0 Å². The maximum Gasteiger partial charge on any atom is 0.322 e. The van der Waals surface area contributed by atoms with Gasteiger partial charge in [0.25, 0.3) is 0 Å². The Balaban J connectivity index is 1.62. The molecule has 3 amide bonds. The first-order chi connectivity index (χ1) is 13.0. The van der Waals surface area contributed by atoms with Crippen molar-refractivity contribution in [3.05, 3.63) is 65.2 Å². The van der Waals surface area contributed by atoms with Crippen LogP contribution < -0.4 is 5.32 Å². The Labute approximate surface area is 161 Å². The largest absolute Gasteiger partial charge is 0.336 e. The van der Waals surface area contributed by atoms with Gasteiger partial charge in [0.2, 0.25) is 5.91 Å². The van der Waals surface area contributed by atoms with Crippen molar-refractivity contribution in [1.29, 1.82) is 0 Å². The number of aryl methyl sites for hydroxylation is 2. The Morgan fingerprint density at radius 3 is 2.67 bits per heavy atom. The number of nitrogens with one attached hydrogen (secondary N) is 1. The molecule has 142 valence electrons. The van der Waals surface area contributed by atoms with Crippen molar-refractivity contribution < 1.29 is 9.59 Å². The fourth-order valence-corrected chi connectivity index (χ4v) is 3.53. The molecule has 3 rings (SSSR count). The van der Waals surface area contributed by atoms with Gasteiger partial charge in [-0.3, -0.25) is 4.79 Å². The van der Waals surface area contributed by atoms with E-state index in [9.17, 15) is 9.59 Å². The van der Waals surface area contributed by atoms with Crippen LogP contribution in [0.4, 0.5) is 10.5 Å². The maximum atomic E-state index is 12.8. The highest BCUT2D eigenvalue weighted by atomic mass is 16.2. The molecule has 0 aliphatic carbocycles. The lowest BCUT2D eigenvalue weighted by Crippen LogP contribution is -2.44. The van der Waals surface area contributed by atoms with E-state index in [1.165, 1.54) is 16.0 Å². The van der Waals surface area contributed by atoms with Gasteiger partial charge in [0.15, 0.2) is 0 Å². The Hall–Kier alpha value is -2.82. The van der Waals surface area contributed by atoms with Gasteiger partial charge in [-0.2, -0.15) is 0 Å². The van der Waals surface area contributed by atoms with Gasteiger partial charge >= 0.3 is 6.03 Å². The Kier molecular flexibility index (Phi) is 5.79. The number of anilines is 1. The zero-order valence-corrected chi connectivity index (χ0v) is 16.2. The van der Waals surface area contributed by atoms with Gasteiger partial charge < -0.3 is 15.1 Å². The van der Waals surface area contributed by atoms with E-state index in [0.717, 1.165) is 17.7 Å². The lowest BCUT2D eigenvalue weighted by Gasteiger charge is -2.24. The van der Waals surface area contributed by atoms with Crippen LogP contribution in [0.1, 0.15) is 30.0 Å². The number of likely N-dealkylation sites (tertiary alicyclic amines) is 1. The van der Waals surface area contributed by atoms with Crippen molar-refractivity contribution in [3.8, 4) is 0 Å². The van der Waals surface area contributed by atoms with Gasteiger partial charge in [-0.25, -0.2) is 4.79 Å². The van der Waals surface area contributed by atoms with Crippen molar-refractivity contribution in [3.63, 3.8) is 0 Å². The highest BCUT2D eigenvalue weighted by molar-refractivity contribution is 5.94. The average Bonchev–Trinajstić information content (AvgIpc) is 3.03. The third-order valence-electron chi connectivity index (χ3n) is 5.25. The third kappa shape index (κ3) is 4.30. The van der Waals surface area contributed by atoms with Crippen LogP contribution in [-0.2, 0) is 17.8 Å². The number of rotatable bonds is 5. The minimum absolute atomic E-state index is 0.00894. The van der Waals surface area contributed by atoms with Crippen molar-refractivity contribution in [1.82, 2.24) is 9.80 Å². The number of hydrogen-bond donors (Lipinski definition) is 1. The summed E-state index contributed by atoms with van der Waals surface area (Å²) in [5, 5.41) is 2.92. The second-order valence-electron chi connectivity index (χ2n) is 7.09. The first-order valence-corrected chi connectivity index (χ1v) is 9.45. The summed E-state index contributed by atoms with van der Waals surface area (Å²) in [4.78, 5) is 28.7. The molecule has 5 heteroatoms. The molecule has 27 heavy (non-hydrogen) atoms. The number of carbonyl (C=O) groups excluding carboxylic acids is 2. The van der Waals surface area contributed by atoms with E-state index in [1.807, 2.05) is 53.4 Å². The van der Waals surface area contributed by atoms with Crippen molar-refractivity contribution in [2.24, 2.45) is 0 Å². The summed E-state index contributed by atoms with van der Waals surface area (Å²) >= 11 is 0. The molecule has 2 aromatic carbocycles. The van der Waals surface area contributed by atoms with E-state index >= 15 is 0 Å². The molecule has 0 saturated carbocycles. The number of urea groups is 1. The summed E-state index contributed by atoms with van der Waals surface area (Å²) in [6.07, 6.45) is 1.57. The molecule has 5 nitrogen and oxygen atoms in total. The molecule has 1 aliphatic heterocycles. The molecule has 1 aliphatic rings. The van der Waals surface area contributed by atoms with Crippen LogP contribution in [0, 0.1) is 6.92 Å². The Bertz CT molecular complexity index is 820. The molecule has 2 aromatic rings. The standard InChI is InChI=1S/C22H27N3O2/c1-4-18-14-19(11-10-16(18)2)23-22(27)24(3)20-12-13-25(21(20)26)15-17-8-6-5-7-9-17/h5-11,14,20H,4,12-13,15H2,1-3H3,(H,23,27). The zero-order valence-electron chi connectivity index (χ0n) is 16.2. The van der Waals surface area contributed by atoms with Crippen LogP contribution in [0.3, 0.4) is 0 Å². The highest BCUT2D eigenvalue weighted by Gasteiger charge is 2.36. The van der Waals surface area contributed by atoms with E-state index in [1.54, 1.807) is 7.05 Å². The maximum absolute atomic E-state index is 12.8. The van der Waals surface area contributed by atoms with Crippen LogP contribution >= 0.6 is 0 Å². The lowest BCUT2D eigenvalue weighted by atomic mass is 10.1. The lowest BCUT2D eigenvalue weighted by molar-refractivity contribution is -0.131. The van der Waals surface area contributed by atoms with E-state index in [-0.39, 0.29) is 11.9 Å². The molecule has 1 heterocycles. The highest BCUT2D eigenvalue weighted by Crippen LogP contribution is 2.21. The predicted octanol–water partition coefficient (Wildman–Crippen LogP) is 3.82. The molecule has 0 radical (unpaired) electrons. The molecular formula is C22H27N3O2. The van der Waals surface area contributed by atoms with Crippen LogP contribution in [0.15, 0.2) is 48.5 Å². The summed E-state index contributed by atoms with van der Waals surface area (Å²) in [6.45, 7) is 5.41. The third-order valence-corrected chi connectivity index (χ3v) is 5.25. The summed E-state index contributed by atoms with van der Waals surface area (Å²) in [5.74, 6) is 0.00894. The summed E-state index contributed by atoms with van der Waals surface area (Å²) < 4.78 is 0. The quantitative estimate of drug-likeness (QED) is 0.876. The fourth-order valence-electron chi connectivity index (χ4n) is 3.53. The number of nitrogens with zero attached hydrogens (tertiary/aromatic N) is 2. The monoisotopic (exact) mass is 365 g/mol. The summed E-state index contributed by atoms with van der Waals surface area (Å²) in [5.41, 5.74) is 4.29. The van der Waals surface area contributed by atoms with Gasteiger partial charge in [0.1, 0.15) is 6.04 Å². The predicted molar refractivity (Wildman–Crippen MR) is 108 cm³/mol. The topological polar surface area (TPSA) is 52.7 Å². The Morgan fingerprint density at radius 1 is 1.22 bits per heavy atom. The van der Waals surface area contributed by atoms with Crippen molar-refractivity contribution in [2.45, 2.75) is 39.3 Å². The smallest absolute Gasteiger partial charge is 0.322 e. The van der Waals surface area contributed by atoms with Crippen molar-refractivity contribution >= 4 is 17.6 Å². The van der Waals surface area contributed by atoms with Crippen LogP contribution in [0.2, 0.25) is 0 Å². The van der Waals surface area contributed by atoms with E-state index in [2.05, 4.69) is 19.2 Å².